The standard InChI is InChI=1S/C11H18BrNS/c1-3-9(13-4-2)5-6-11-10(12)7-8-14-11/h7-9,13H,3-6H2,1-2H3. The van der Waals surface area contributed by atoms with Gasteiger partial charge in [0.1, 0.15) is 0 Å². The molecule has 0 aromatic carbocycles. The maximum absolute atomic E-state index is 3.57. The van der Waals surface area contributed by atoms with E-state index in [-0.39, 0.29) is 0 Å². The van der Waals surface area contributed by atoms with Crippen LogP contribution < -0.4 is 5.32 Å². The van der Waals surface area contributed by atoms with E-state index >= 15 is 0 Å². The summed E-state index contributed by atoms with van der Waals surface area (Å²) < 4.78 is 1.27. The van der Waals surface area contributed by atoms with Crippen molar-refractivity contribution < 1.29 is 0 Å². The molecule has 1 rings (SSSR count). The topological polar surface area (TPSA) is 12.0 Å². The molecule has 1 atom stereocenters. The van der Waals surface area contributed by atoms with Crippen molar-refractivity contribution in [1.29, 1.82) is 0 Å². The first-order chi connectivity index (χ1) is 6.77. The monoisotopic (exact) mass is 275 g/mol. The summed E-state index contributed by atoms with van der Waals surface area (Å²) in [6, 6.07) is 2.81. The third kappa shape index (κ3) is 3.71. The lowest BCUT2D eigenvalue weighted by Gasteiger charge is -2.14. The Hall–Kier alpha value is 0.140. The highest BCUT2D eigenvalue weighted by atomic mass is 79.9. The molecule has 80 valence electrons. The van der Waals surface area contributed by atoms with Gasteiger partial charge in [0.05, 0.1) is 0 Å². The number of hydrogen-bond acceptors (Lipinski definition) is 2. The fourth-order valence-electron chi connectivity index (χ4n) is 1.55. The second kappa shape index (κ2) is 6.59. The van der Waals surface area contributed by atoms with E-state index < -0.39 is 0 Å². The van der Waals surface area contributed by atoms with Crippen molar-refractivity contribution in [3.8, 4) is 0 Å². The molecule has 0 radical (unpaired) electrons. The Kier molecular flexibility index (Phi) is 5.75. The van der Waals surface area contributed by atoms with E-state index in [1.165, 1.54) is 28.6 Å². The predicted octanol–water partition coefficient (Wildman–Crippen LogP) is 3.83. The summed E-state index contributed by atoms with van der Waals surface area (Å²) >= 11 is 5.41. The average Bonchev–Trinajstić information content (AvgIpc) is 2.59. The van der Waals surface area contributed by atoms with Gasteiger partial charge in [0, 0.05) is 15.4 Å². The van der Waals surface area contributed by atoms with Crippen molar-refractivity contribution in [3.63, 3.8) is 0 Å². The Morgan fingerprint density at radius 3 is 2.79 bits per heavy atom. The summed E-state index contributed by atoms with van der Waals surface area (Å²) in [7, 11) is 0. The number of halogens is 1. The predicted molar refractivity (Wildman–Crippen MR) is 68.1 cm³/mol. The highest BCUT2D eigenvalue weighted by Gasteiger charge is 2.07. The maximum Gasteiger partial charge on any atom is 0.0314 e. The van der Waals surface area contributed by atoms with Crippen molar-refractivity contribution in [2.45, 2.75) is 39.2 Å². The van der Waals surface area contributed by atoms with Crippen molar-refractivity contribution in [2.24, 2.45) is 0 Å². The number of rotatable bonds is 6. The minimum atomic E-state index is 0.675. The van der Waals surface area contributed by atoms with Crippen LogP contribution >= 0.6 is 27.3 Å². The Morgan fingerprint density at radius 2 is 2.29 bits per heavy atom. The van der Waals surface area contributed by atoms with E-state index in [0.29, 0.717) is 6.04 Å². The van der Waals surface area contributed by atoms with E-state index in [1.54, 1.807) is 0 Å². The molecule has 0 fully saturated rings. The van der Waals surface area contributed by atoms with E-state index in [4.69, 9.17) is 0 Å². The van der Waals surface area contributed by atoms with Gasteiger partial charge in [-0.15, -0.1) is 11.3 Å². The molecule has 0 amide bonds. The second-order valence-electron chi connectivity index (χ2n) is 3.39. The van der Waals surface area contributed by atoms with Crippen LogP contribution in [0.5, 0.6) is 0 Å². The molecule has 1 nitrogen and oxygen atoms in total. The van der Waals surface area contributed by atoms with Crippen molar-refractivity contribution in [1.82, 2.24) is 5.32 Å². The van der Waals surface area contributed by atoms with Gasteiger partial charge in [-0.25, -0.2) is 0 Å². The van der Waals surface area contributed by atoms with Gasteiger partial charge < -0.3 is 5.32 Å². The first-order valence-electron chi connectivity index (χ1n) is 5.23. The van der Waals surface area contributed by atoms with Crippen LogP contribution in [0.2, 0.25) is 0 Å². The molecule has 3 heteroatoms. The van der Waals surface area contributed by atoms with Gasteiger partial charge in [-0.05, 0) is 53.2 Å². The smallest absolute Gasteiger partial charge is 0.0314 e. The zero-order valence-corrected chi connectivity index (χ0v) is 11.2. The fourth-order valence-corrected chi connectivity index (χ4v) is 3.12. The highest BCUT2D eigenvalue weighted by molar-refractivity contribution is 9.10. The zero-order valence-electron chi connectivity index (χ0n) is 8.85. The summed E-state index contributed by atoms with van der Waals surface area (Å²) in [5, 5.41) is 5.65. The van der Waals surface area contributed by atoms with Crippen molar-refractivity contribution >= 4 is 27.3 Å². The van der Waals surface area contributed by atoms with Gasteiger partial charge in [-0.3, -0.25) is 0 Å². The summed E-state index contributed by atoms with van der Waals surface area (Å²) in [4.78, 5) is 1.47. The SMILES string of the molecule is CCNC(CC)CCc1sccc1Br. The lowest BCUT2D eigenvalue weighted by atomic mass is 10.1. The molecule has 1 aromatic heterocycles. The van der Waals surface area contributed by atoms with E-state index in [0.717, 1.165) is 6.54 Å². The Morgan fingerprint density at radius 1 is 1.50 bits per heavy atom. The van der Waals surface area contributed by atoms with Crippen molar-refractivity contribution in [3.05, 3.63) is 20.8 Å². The molecule has 0 bridgehead atoms. The van der Waals surface area contributed by atoms with E-state index in [2.05, 4.69) is 46.5 Å². The minimum absolute atomic E-state index is 0.675. The average molecular weight is 276 g/mol. The largest absolute Gasteiger partial charge is 0.314 e. The number of thiophene rings is 1. The Labute approximate surface area is 99.0 Å². The number of aryl methyl sites for hydroxylation is 1. The maximum atomic E-state index is 3.57. The quantitative estimate of drug-likeness (QED) is 0.832. The first-order valence-corrected chi connectivity index (χ1v) is 6.90. The van der Waals surface area contributed by atoms with Crippen LogP contribution in [0.15, 0.2) is 15.9 Å². The molecule has 1 unspecified atom stereocenters. The summed E-state index contributed by atoms with van der Waals surface area (Å²) in [5.74, 6) is 0. The lowest BCUT2D eigenvalue weighted by Crippen LogP contribution is -2.28. The Balaban J connectivity index is 2.35. The molecule has 1 heterocycles. The fraction of sp³-hybridized carbons (Fsp3) is 0.636. The van der Waals surface area contributed by atoms with Gasteiger partial charge >= 0.3 is 0 Å². The van der Waals surface area contributed by atoms with Crippen LogP contribution in [0.25, 0.3) is 0 Å². The van der Waals surface area contributed by atoms with Crippen molar-refractivity contribution in [2.75, 3.05) is 6.54 Å². The first kappa shape index (κ1) is 12.2. The highest BCUT2D eigenvalue weighted by Crippen LogP contribution is 2.24. The summed E-state index contributed by atoms with van der Waals surface area (Å²) in [5.41, 5.74) is 0. The molecule has 0 spiro atoms. The van der Waals surface area contributed by atoms with Crippen LogP contribution in [-0.2, 0) is 6.42 Å². The van der Waals surface area contributed by atoms with Crippen LogP contribution in [-0.4, -0.2) is 12.6 Å². The van der Waals surface area contributed by atoms with Crippen LogP contribution in [0.4, 0.5) is 0 Å². The lowest BCUT2D eigenvalue weighted by molar-refractivity contribution is 0.482. The molecule has 1 N–H and O–H groups in total. The van der Waals surface area contributed by atoms with E-state index in [1.807, 2.05) is 11.3 Å². The van der Waals surface area contributed by atoms with Crippen LogP contribution in [0.1, 0.15) is 31.6 Å². The number of nitrogens with one attached hydrogen (secondary N) is 1. The van der Waals surface area contributed by atoms with Crippen LogP contribution in [0.3, 0.4) is 0 Å². The normalized spacial score (nSPS) is 13.1. The van der Waals surface area contributed by atoms with Gasteiger partial charge in [-0.2, -0.15) is 0 Å². The summed E-state index contributed by atoms with van der Waals surface area (Å²) in [6.45, 7) is 5.49. The molecule has 0 aliphatic heterocycles. The molecule has 1 aromatic rings. The molecular weight excluding hydrogens is 258 g/mol. The third-order valence-corrected chi connectivity index (χ3v) is 4.38. The van der Waals surface area contributed by atoms with Crippen LogP contribution in [0, 0.1) is 0 Å². The van der Waals surface area contributed by atoms with Gasteiger partial charge in [0.25, 0.3) is 0 Å². The minimum Gasteiger partial charge on any atom is -0.314 e. The van der Waals surface area contributed by atoms with Gasteiger partial charge in [0.15, 0.2) is 0 Å². The summed E-state index contributed by atoms with van der Waals surface area (Å²) in [6.07, 6.45) is 3.64. The molecule has 0 aliphatic rings. The molecular formula is C11H18BrNS. The Bertz CT molecular complexity index is 260. The number of hydrogen-bond donors (Lipinski definition) is 1. The van der Waals surface area contributed by atoms with E-state index in [9.17, 15) is 0 Å². The molecule has 0 saturated carbocycles. The molecule has 14 heavy (non-hydrogen) atoms. The zero-order chi connectivity index (χ0) is 10.4. The van der Waals surface area contributed by atoms with Gasteiger partial charge in [-0.1, -0.05) is 13.8 Å². The second-order valence-corrected chi connectivity index (χ2v) is 5.25. The van der Waals surface area contributed by atoms with Gasteiger partial charge in [0.2, 0.25) is 0 Å². The molecule has 0 saturated heterocycles. The third-order valence-electron chi connectivity index (χ3n) is 2.40. The molecule has 0 aliphatic carbocycles.